The van der Waals surface area contributed by atoms with E-state index < -0.39 is 0 Å². The number of furan rings is 2. The largest absolute Gasteiger partial charge is 0.456 e. The number of benzene rings is 8. The highest BCUT2D eigenvalue weighted by molar-refractivity contribution is 6.20. The second-order valence-electron chi connectivity index (χ2n) is 14.3. The molecule has 0 aliphatic heterocycles. The zero-order valence-corrected chi connectivity index (χ0v) is 29.6. The zero-order chi connectivity index (χ0) is 37.1. The van der Waals surface area contributed by atoms with Crippen LogP contribution in [0.4, 0.5) is 0 Å². The first-order chi connectivity index (χ1) is 27.7. The van der Waals surface area contributed by atoms with E-state index in [2.05, 4.69) is 94.1 Å². The quantitative estimate of drug-likeness (QED) is 0.182. The lowest BCUT2D eigenvalue weighted by Crippen LogP contribution is -1.97. The second kappa shape index (κ2) is 11.2. The van der Waals surface area contributed by atoms with Gasteiger partial charge in [0.15, 0.2) is 0 Å². The van der Waals surface area contributed by atoms with E-state index in [0.717, 1.165) is 110 Å². The average molecular weight is 715 g/mol. The van der Waals surface area contributed by atoms with Gasteiger partial charge in [-0.25, -0.2) is 0 Å². The van der Waals surface area contributed by atoms with Gasteiger partial charge in [0.2, 0.25) is 0 Å². The molecule has 8 aromatic carbocycles. The number of hydrogen-bond acceptors (Lipinski definition) is 4. The molecule has 12 aromatic rings. The van der Waals surface area contributed by atoms with E-state index in [1.807, 2.05) is 84.9 Å². The van der Waals surface area contributed by atoms with Gasteiger partial charge in [0.05, 0.1) is 44.6 Å². The maximum absolute atomic E-state index is 10.2. The Morgan fingerprint density at radius 2 is 0.750 bits per heavy atom. The number of nitriles is 2. The molecular formula is C50H26N4O2. The monoisotopic (exact) mass is 714 g/mol. The van der Waals surface area contributed by atoms with Crippen LogP contribution in [0.2, 0.25) is 0 Å². The molecule has 0 N–H and O–H groups in total. The Balaban J connectivity index is 1.14. The summed E-state index contributed by atoms with van der Waals surface area (Å²) in [5.74, 6) is 0. The summed E-state index contributed by atoms with van der Waals surface area (Å²) in [6.45, 7) is 0. The summed E-state index contributed by atoms with van der Waals surface area (Å²) in [6, 6.07) is 58.5. The second-order valence-corrected chi connectivity index (χ2v) is 14.3. The van der Waals surface area contributed by atoms with Gasteiger partial charge in [-0.05, 0) is 83.9 Å². The fraction of sp³-hybridized carbons (Fsp3) is 0. The van der Waals surface area contributed by atoms with E-state index in [4.69, 9.17) is 8.83 Å². The Morgan fingerprint density at radius 3 is 1.21 bits per heavy atom. The number of fused-ring (bicyclic) bond motifs is 12. The van der Waals surface area contributed by atoms with Crippen LogP contribution < -0.4 is 0 Å². The van der Waals surface area contributed by atoms with E-state index >= 15 is 0 Å². The third-order valence-corrected chi connectivity index (χ3v) is 11.4. The summed E-state index contributed by atoms with van der Waals surface area (Å²) in [6.07, 6.45) is 0. The Labute approximate surface area is 318 Å². The lowest BCUT2D eigenvalue weighted by molar-refractivity contribution is 0.669. The molecule has 12 rings (SSSR count). The van der Waals surface area contributed by atoms with Gasteiger partial charge in [-0.3, -0.25) is 0 Å². The van der Waals surface area contributed by atoms with Crippen LogP contribution in [0.15, 0.2) is 167 Å². The average Bonchev–Trinajstić information content (AvgIpc) is 3.98. The Hall–Kier alpha value is -8.06. The zero-order valence-electron chi connectivity index (χ0n) is 29.6. The van der Waals surface area contributed by atoms with Gasteiger partial charge in [0, 0.05) is 55.2 Å². The number of rotatable bonds is 3. The molecule has 0 unspecified atom stereocenters. The van der Waals surface area contributed by atoms with Crippen LogP contribution in [0.5, 0.6) is 0 Å². The molecule has 0 saturated carbocycles. The highest BCUT2D eigenvalue weighted by atomic mass is 16.3. The molecule has 6 heteroatoms. The molecule has 0 spiro atoms. The van der Waals surface area contributed by atoms with E-state index in [1.54, 1.807) is 0 Å². The normalized spacial score (nSPS) is 11.9. The summed E-state index contributed by atoms with van der Waals surface area (Å²) in [5, 5.41) is 28.9. The van der Waals surface area contributed by atoms with Gasteiger partial charge in [0.1, 0.15) is 34.5 Å². The Bertz CT molecular complexity index is 3500. The van der Waals surface area contributed by atoms with Crippen LogP contribution in [-0.2, 0) is 0 Å². The fourth-order valence-electron chi connectivity index (χ4n) is 8.88. The minimum atomic E-state index is 0.597. The molecule has 0 saturated heterocycles. The van der Waals surface area contributed by atoms with E-state index in [-0.39, 0.29) is 0 Å². The molecule has 0 aliphatic rings. The molecule has 0 amide bonds. The number of aromatic nitrogens is 2. The maximum atomic E-state index is 10.2. The predicted octanol–water partition coefficient (Wildman–Crippen LogP) is 13.1. The van der Waals surface area contributed by atoms with E-state index in [1.165, 1.54) is 0 Å². The Morgan fingerprint density at radius 1 is 0.339 bits per heavy atom. The van der Waals surface area contributed by atoms with Crippen molar-refractivity contribution in [1.29, 1.82) is 10.5 Å². The van der Waals surface area contributed by atoms with Gasteiger partial charge in [-0.15, -0.1) is 0 Å². The van der Waals surface area contributed by atoms with Crippen LogP contribution in [0, 0.1) is 22.7 Å². The molecule has 4 heterocycles. The predicted molar refractivity (Wildman–Crippen MR) is 225 cm³/mol. The van der Waals surface area contributed by atoms with Gasteiger partial charge in [-0.1, -0.05) is 72.8 Å². The van der Waals surface area contributed by atoms with Crippen molar-refractivity contribution in [3.8, 4) is 34.6 Å². The van der Waals surface area contributed by atoms with Crippen molar-refractivity contribution in [2.75, 3.05) is 0 Å². The summed E-state index contributed by atoms with van der Waals surface area (Å²) < 4.78 is 17.1. The van der Waals surface area contributed by atoms with Crippen LogP contribution in [0.25, 0.3) is 110 Å². The molecule has 0 fully saturated rings. The van der Waals surface area contributed by atoms with Crippen molar-refractivity contribution in [2.45, 2.75) is 0 Å². The summed E-state index contributed by atoms with van der Waals surface area (Å²) >= 11 is 0. The lowest BCUT2D eigenvalue weighted by atomic mass is 10.00. The minimum absolute atomic E-state index is 0.597. The summed E-state index contributed by atoms with van der Waals surface area (Å²) in [7, 11) is 0. The first kappa shape index (κ1) is 30.4. The van der Waals surface area contributed by atoms with Crippen LogP contribution in [-0.4, -0.2) is 9.13 Å². The standard InChI is InChI=1S/C50H26N4O2/c51-27-31-9-1-5-13-41(31)53-43-19-17-29(21-35(43)37-23-39-33-11-3-7-15-47(33)55-49(39)25-45(37)53)30-18-20-44-36(22-30)38-24-40-34-12-4-8-16-48(34)56-50(40)26-46(38)54(44)42-14-6-2-10-32(42)28-52/h1-26H. The third-order valence-electron chi connectivity index (χ3n) is 11.4. The van der Waals surface area contributed by atoms with Gasteiger partial charge in [0.25, 0.3) is 0 Å². The van der Waals surface area contributed by atoms with Crippen molar-refractivity contribution in [1.82, 2.24) is 9.13 Å². The molecular weight excluding hydrogens is 689 g/mol. The number of hydrogen-bond donors (Lipinski definition) is 0. The van der Waals surface area contributed by atoms with Crippen molar-refractivity contribution < 1.29 is 8.83 Å². The molecule has 0 radical (unpaired) electrons. The van der Waals surface area contributed by atoms with Crippen molar-refractivity contribution in [3.63, 3.8) is 0 Å². The van der Waals surface area contributed by atoms with E-state index in [0.29, 0.717) is 11.1 Å². The van der Waals surface area contributed by atoms with Crippen LogP contribution >= 0.6 is 0 Å². The summed E-state index contributed by atoms with van der Waals surface area (Å²) in [4.78, 5) is 0. The first-order valence-electron chi connectivity index (χ1n) is 18.5. The van der Waals surface area contributed by atoms with Crippen LogP contribution in [0.3, 0.4) is 0 Å². The Kier molecular flexibility index (Phi) is 6.10. The van der Waals surface area contributed by atoms with E-state index in [9.17, 15) is 10.5 Å². The first-order valence-corrected chi connectivity index (χ1v) is 18.5. The highest BCUT2D eigenvalue weighted by Gasteiger charge is 2.21. The van der Waals surface area contributed by atoms with Crippen LogP contribution in [0.1, 0.15) is 11.1 Å². The summed E-state index contributed by atoms with van der Waals surface area (Å²) in [5.41, 5.74) is 12.2. The molecule has 0 aliphatic carbocycles. The minimum Gasteiger partial charge on any atom is -0.456 e. The molecule has 0 atom stereocenters. The molecule has 4 aromatic heterocycles. The van der Waals surface area contributed by atoms with Crippen molar-refractivity contribution in [2.24, 2.45) is 0 Å². The van der Waals surface area contributed by atoms with Gasteiger partial charge in [-0.2, -0.15) is 10.5 Å². The topological polar surface area (TPSA) is 83.7 Å². The smallest absolute Gasteiger partial charge is 0.137 e. The highest BCUT2D eigenvalue weighted by Crippen LogP contribution is 2.43. The fourth-order valence-corrected chi connectivity index (χ4v) is 8.88. The van der Waals surface area contributed by atoms with Crippen molar-refractivity contribution >= 4 is 87.5 Å². The molecule has 0 bridgehead atoms. The number of para-hydroxylation sites is 4. The molecule has 56 heavy (non-hydrogen) atoms. The molecule has 6 nitrogen and oxygen atoms in total. The SMILES string of the molecule is N#Cc1ccccc1-n1c2ccc(-c3ccc4c(c3)c3cc5c(cc3n4-c3ccccc3C#N)oc3ccccc35)cc2c2cc3c(cc21)oc1ccccc13. The van der Waals surface area contributed by atoms with Gasteiger partial charge >= 0.3 is 0 Å². The maximum Gasteiger partial charge on any atom is 0.137 e. The van der Waals surface area contributed by atoms with Crippen molar-refractivity contribution in [3.05, 3.63) is 169 Å². The third kappa shape index (κ3) is 4.13. The number of nitrogens with zero attached hydrogens (tertiary/aromatic N) is 4. The molecule has 258 valence electrons. The van der Waals surface area contributed by atoms with Gasteiger partial charge < -0.3 is 18.0 Å². The lowest BCUT2D eigenvalue weighted by Gasteiger charge is -2.11.